The van der Waals surface area contributed by atoms with Crippen LogP contribution >= 0.6 is 11.6 Å². The molecule has 0 spiro atoms. The summed E-state index contributed by atoms with van der Waals surface area (Å²) in [5.74, 6) is 0. The smallest absolute Gasteiger partial charge is 0.243 e. The average molecular weight is 320 g/mol. The second-order valence-electron chi connectivity index (χ2n) is 6.38. The lowest BCUT2D eigenvalue weighted by Gasteiger charge is -2.15. The third-order valence-electron chi connectivity index (χ3n) is 5.09. The zero-order chi connectivity index (χ0) is 15.4. The van der Waals surface area contributed by atoms with E-state index in [0.717, 1.165) is 5.02 Å². The number of pyridine rings is 1. The van der Waals surface area contributed by atoms with Gasteiger partial charge >= 0.3 is 0 Å². The van der Waals surface area contributed by atoms with E-state index in [4.69, 9.17) is 11.6 Å². The van der Waals surface area contributed by atoms with E-state index in [1.54, 1.807) is 0 Å². The number of aromatic amines is 1. The minimum Gasteiger partial charge on any atom is -0.243 e. The van der Waals surface area contributed by atoms with Crippen molar-refractivity contribution in [3.8, 4) is 0 Å². The Morgan fingerprint density at radius 2 is 1.78 bits per heavy atom. The van der Waals surface area contributed by atoms with Crippen molar-refractivity contribution < 1.29 is 4.40 Å². The minimum atomic E-state index is 0.111. The SMILES string of the molecule is Clc1ccc(C2(c3cc4ccccc4c4[nH]cc[n+]34)CC2)cc1. The van der Waals surface area contributed by atoms with Gasteiger partial charge in [-0.15, -0.1) is 0 Å². The van der Waals surface area contributed by atoms with Gasteiger partial charge in [0.05, 0.1) is 10.8 Å². The lowest BCUT2D eigenvalue weighted by Crippen LogP contribution is -2.31. The summed E-state index contributed by atoms with van der Waals surface area (Å²) in [5.41, 5.74) is 3.99. The molecule has 3 heteroatoms. The predicted octanol–water partition coefficient (Wildman–Crippen LogP) is 4.64. The van der Waals surface area contributed by atoms with Crippen molar-refractivity contribution in [1.82, 2.24) is 4.98 Å². The van der Waals surface area contributed by atoms with Crippen molar-refractivity contribution in [2.45, 2.75) is 18.3 Å². The number of nitrogens with one attached hydrogen (secondary N) is 1. The molecule has 0 atom stereocenters. The highest BCUT2D eigenvalue weighted by molar-refractivity contribution is 6.30. The van der Waals surface area contributed by atoms with E-state index in [-0.39, 0.29) is 5.41 Å². The van der Waals surface area contributed by atoms with Gasteiger partial charge in [-0.1, -0.05) is 41.9 Å². The fraction of sp³-hybridized carbons (Fsp3) is 0.150. The monoisotopic (exact) mass is 319 g/mol. The highest BCUT2D eigenvalue weighted by Gasteiger charge is 2.50. The number of fused-ring (bicyclic) bond motifs is 3. The van der Waals surface area contributed by atoms with Crippen LogP contribution in [0.25, 0.3) is 16.4 Å². The molecule has 5 rings (SSSR count). The number of imidazole rings is 1. The lowest BCUT2D eigenvalue weighted by molar-refractivity contribution is -0.521. The Kier molecular flexibility index (Phi) is 2.62. The van der Waals surface area contributed by atoms with Crippen LogP contribution in [0.3, 0.4) is 0 Å². The summed E-state index contributed by atoms with van der Waals surface area (Å²) in [7, 11) is 0. The summed E-state index contributed by atoms with van der Waals surface area (Å²) in [4.78, 5) is 3.41. The van der Waals surface area contributed by atoms with Crippen LogP contribution in [0.1, 0.15) is 24.1 Å². The van der Waals surface area contributed by atoms with Crippen molar-refractivity contribution in [2.24, 2.45) is 0 Å². The Hall–Kier alpha value is -2.32. The van der Waals surface area contributed by atoms with Gasteiger partial charge in [-0.2, -0.15) is 4.40 Å². The van der Waals surface area contributed by atoms with Gasteiger partial charge in [-0.25, -0.2) is 4.98 Å². The molecule has 0 saturated heterocycles. The summed E-state index contributed by atoms with van der Waals surface area (Å²) in [6.45, 7) is 0. The molecular formula is C20H16ClN2+. The number of aromatic nitrogens is 2. The normalized spacial score (nSPS) is 16.0. The first-order valence-electron chi connectivity index (χ1n) is 7.95. The molecule has 0 aliphatic heterocycles. The molecule has 2 nitrogen and oxygen atoms in total. The van der Waals surface area contributed by atoms with Crippen LogP contribution < -0.4 is 4.40 Å². The second kappa shape index (κ2) is 4.59. The summed E-state index contributed by atoms with van der Waals surface area (Å²) in [5, 5.41) is 3.33. The third-order valence-corrected chi connectivity index (χ3v) is 5.34. The summed E-state index contributed by atoms with van der Waals surface area (Å²) >= 11 is 6.07. The van der Waals surface area contributed by atoms with Crippen molar-refractivity contribution in [1.29, 1.82) is 0 Å². The van der Waals surface area contributed by atoms with Gasteiger partial charge in [0.1, 0.15) is 18.1 Å². The van der Waals surface area contributed by atoms with Crippen LogP contribution in [0.5, 0.6) is 0 Å². The molecule has 0 unspecified atom stereocenters. The Morgan fingerprint density at radius 1 is 1.00 bits per heavy atom. The zero-order valence-electron chi connectivity index (χ0n) is 12.6. The fourth-order valence-corrected chi connectivity index (χ4v) is 3.88. The number of nitrogens with zero attached hydrogens (tertiary/aromatic N) is 1. The lowest BCUT2D eigenvalue weighted by atomic mass is 9.90. The molecule has 23 heavy (non-hydrogen) atoms. The molecule has 2 aromatic heterocycles. The van der Waals surface area contributed by atoms with Crippen LogP contribution in [-0.4, -0.2) is 4.98 Å². The van der Waals surface area contributed by atoms with Gasteiger partial charge in [0.25, 0.3) is 5.65 Å². The molecule has 1 aliphatic carbocycles. The topological polar surface area (TPSA) is 19.9 Å². The van der Waals surface area contributed by atoms with Crippen LogP contribution in [0, 0.1) is 0 Å². The molecule has 1 fully saturated rings. The van der Waals surface area contributed by atoms with Crippen LogP contribution in [0.2, 0.25) is 5.02 Å². The van der Waals surface area contributed by atoms with E-state index in [2.05, 4.69) is 58.0 Å². The molecule has 0 radical (unpaired) electrons. The molecule has 1 saturated carbocycles. The molecule has 1 aliphatic rings. The van der Waals surface area contributed by atoms with Crippen LogP contribution in [0.15, 0.2) is 67.0 Å². The van der Waals surface area contributed by atoms with E-state index in [1.807, 2.05) is 18.3 Å². The number of hydrogen-bond acceptors (Lipinski definition) is 0. The number of hydrogen-bond donors (Lipinski definition) is 1. The van der Waals surface area contributed by atoms with Gasteiger partial charge < -0.3 is 0 Å². The molecule has 0 amide bonds. The van der Waals surface area contributed by atoms with Crippen molar-refractivity contribution >= 4 is 28.0 Å². The van der Waals surface area contributed by atoms with E-state index < -0.39 is 0 Å². The maximum Gasteiger partial charge on any atom is 0.292 e. The van der Waals surface area contributed by atoms with E-state index >= 15 is 0 Å². The Balaban J connectivity index is 1.82. The minimum absolute atomic E-state index is 0.111. The Morgan fingerprint density at radius 3 is 2.57 bits per heavy atom. The Bertz CT molecular complexity index is 1030. The maximum atomic E-state index is 6.07. The van der Waals surface area contributed by atoms with Crippen LogP contribution in [-0.2, 0) is 5.41 Å². The van der Waals surface area contributed by atoms with Crippen molar-refractivity contribution in [3.05, 3.63) is 83.3 Å². The summed E-state index contributed by atoms with van der Waals surface area (Å²) < 4.78 is 2.31. The number of halogens is 1. The highest BCUT2D eigenvalue weighted by atomic mass is 35.5. The van der Waals surface area contributed by atoms with Gasteiger partial charge in [-0.05, 0) is 48.1 Å². The van der Waals surface area contributed by atoms with E-state index in [9.17, 15) is 0 Å². The molecule has 112 valence electrons. The molecule has 2 heterocycles. The fourth-order valence-electron chi connectivity index (χ4n) is 3.75. The summed E-state index contributed by atoms with van der Waals surface area (Å²) in [6.07, 6.45) is 6.51. The zero-order valence-corrected chi connectivity index (χ0v) is 13.3. The molecule has 2 aromatic carbocycles. The molecule has 0 bridgehead atoms. The molecular weight excluding hydrogens is 304 g/mol. The quantitative estimate of drug-likeness (QED) is 0.519. The van der Waals surface area contributed by atoms with Gasteiger partial charge in [0.15, 0.2) is 0 Å². The standard InChI is InChI=1S/C20H15ClN2/c21-16-7-5-15(6-8-16)20(9-10-20)18-13-14-3-1-2-4-17(14)19-22-11-12-23(18)19/h1-8,11-13H,9-10H2/p+1. The molecule has 4 aromatic rings. The largest absolute Gasteiger partial charge is 0.292 e. The first kappa shape index (κ1) is 13.1. The number of benzene rings is 2. The van der Waals surface area contributed by atoms with Gasteiger partial charge in [0.2, 0.25) is 0 Å². The first-order chi connectivity index (χ1) is 11.3. The maximum absolute atomic E-state index is 6.07. The summed E-state index contributed by atoms with van der Waals surface area (Å²) in [6, 6.07) is 19.2. The van der Waals surface area contributed by atoms with Gasteiger partial charge in [-0.3, -0.25) is 0 Å². The average Bonchev–Trinajstić information content (AvgIpc) is 3.23. The first-order valence-corrected chi connectivity index (χ1v) is 8.33. The second-order valence-corrected chi connectivity index (χ2v) is 6.82. The van der Waals surface area contributed by atoms with E-state index in [1.165, 1.54) is 40.5 Å². The number of rotatable bonds is 2. The van der Waals surface area contributed by atoms with Crippen LogP contribution in [0.4, 0.5) is 0 Å². The number of H-pyrrole nitrogens is 1. The van der Waals surface area contributed by atoms with Crippen molar-refractivity contribution in [2.75, 3.05) is 0 Å². The van der Waals surface area contributed by atoms with E-state index in [0.29, 0.717) is 0 Å². The predicted molar refractivity (Wildman–Crippen MR) is 92.9 cm³/mol. The highest BCUT2D eigenvalue weighted by Crippen LogP contribution is 2.52. The molecule has 1 N–H and O–H groups in total. The third kappa shape index (κ3) is 1.85. The van der Waals surface area contributed by atoms with Gasteiger partial charge in [0, 0.05) is 5.02 Å². The van der Waals surface area contributed by atoms with Crippen molar-refractivity contribution in [3.63, 3.8) is 0 Å². The Labute approximate surface area is 139 Å².